The first-order chi connectivity index (χ1) is 17.2. The van der Waals surface area contributed by atoms with Crippen molar-refractivity contribution in [3.8, 4) is 11.8 Å². The van der Waals surface area contributed by atoms with E-state index in [1.807, 2.05) is 6.07 Å². The Bertz CT molecular complexity index is 1620. The van der Waals surface area contributed by atoms with E-state index in [4.69, 9.17) is 23.1 Å². The highest BCUT2D eigenvalue weighted by atomic mass is 35.5. The second kappa shape index (κ2) is 8.69. The predicted molar refractivity (Wildman–Crippen MR) is 127 cm³/mol. The summed E-state index contributed by atoms with van der Waals surface area (Å²) in [4.78, 5) is 27.5. The fourth-order valence-electron chi connectivity index (χ4n) is 4.41. The minimum Gasteiger partial charge on any atom is -0.382 e. The molecular weight excluding hydrogens is 497 g/mol. The van der Waals surface area contributed by atoms with E-state index in [1.165, 1.54) is 17.0 Å². The molecule has 0 aliphatic carbocycles. The standard InChI is InChI=1S/C23H16ClF3N8O/c24-15-2-1-3-16-18(15)22(36)35(13-5-10(25)4-11(26)6-13)21(31-16)17-7-12(27)9-34(17)20-14(8-28)19(29)32-23(30)33-20/h1-6,12,17H,7,9H2,(H4,29,30,32,33)/t12?,17-/m0/s1. The Morgan fingerprint density at radius 3 is 2.53 bits per heavy atom. The average Bonchev–Trinajstić information content (AvgIpc) is 3.19. The Morgan fingerprint density at radius 1 is 1.11 bits per heavy atom. The van der Waals surface area contributed by atoms with E-state index < -0.39 is 29.4 Å². The molecule has 36 heavy (non-hydrogen) atoms. The third-order valence-electron chi connectivity index (χ3n) is 5.85. The first-order valence-corrected chi connectivity index (χ1v) is 11.0. The molecule has 0 spiro atoms. The minimum atomic E-state index is -1.43. The van der Waals surface area contributed by atoms with Gasteiger partial charge < -0.3 is 16.4 Å². The molecule has 1 saturated heterocycles. The SMILES string of the molecule is N#Cc1c(N)nc(N)nc1N1CC(F)C[C@H]1c1nc2cccc(Cl)c2c(=O)n1-c1cc(F)cc(F)c1. The third-order valence-corrected chi connectivity index (χ3v) is 6.16. The van der Waals surface area contributed by atoms with Crippen molar-refractivity contribution in [1.29, 1.82) is 5.26 Å². The summed E-state index contributed by atoms with van der Waals surface area (Å²) in [5, 5.41) is 9.74. The van der Waals surface area contributed by atoms with Crippen LogP contribution in [-0.4, -0.2) is 32.2 Å². The topological polar surface area (TPSA) is 140 Å². The quantitative estimate of drug-likeness (QED) is 0.425. The molecule has 1 aliphatic heterocycles. The van der Waals surface area contributed by atoms with Gasteiger partial charge in [-0.05, 0) is 24.3 Å². The van der Waals surface area contributed by atoms with Crippen LogP contribution in [0.25, 0.3) is 16.6 Å². The minimum absolute atomic E-state index is 0.0159. The summed E-state index contributed by atoms with van der Waals surface area (Å²) >= 11 is 6.27. The van der Waals surface area contributed by atoms with E-state index in [1.54, 1.807) is 6.07 Å². The van der Waals surface area contributed by atoms with Gasteiger partial charge in [-0.15, -0.1) is 0 Å². The number of halogens is 4. The van der Waals surface area contributed by atoms with E-state index >= 15 is 0 Å². The summed E-state index contributed by atoms with van der Waals surface area (Å²) in [5.74, 6) is -2.41. The van der Waals surface area contributed by atoms with Crippen LogP contribution < -0.4 is 21.9 Å². The Kier molecular flexibility index (Phi) is 5.64. The summed E-state index contributed by atoms with van der Waals surface area (Å²) in [6, 6.07) is 8.05. The average molecular weight is 513 g/mol. The maximum Gasteiger partial charge on any atom is 0.267 e. The fraction of sp³-hybridized carbons (Fsp3) is 0.174. The zero-order valence-electron chi connectivity index (χ0n) is 18.3. The number of benzene rings is 2. The van der Waals surface area contributed by atoms with Crippen LogP contribution in [0.4, 0.5) is 30.8 Å². The summed E-state index contributed by atoms with van der Waals surface area (Å²) in [5.41, 5.74) is 10.7. The number of nitrogens with two attached hydrogens (primary N) is 2. The maximum atomic E-state index is 14.9. The lowest BCUT2D eigenvalue weighted by molar-refractivity contribution is 0.355. The first kappa shape index (κ1) is 23.4. The van der Waals surface area contributed by atoms with Gasteiger partial charge >= 0.3 is 0 Å². The summed E-state index contributed by atoms with van der Waals surface area (Å²) < 4.78 is 44.2. The van der Waals surface area contributed by atoms with Crippen molar-refractivity contribution in [3.63, 3.8) is 0 Å². The molecule has 0 bridgehead atoms. The highest BCUT2D eigenvalue weighted by Gasteiger charge is 2.39. The second-order valence-corrected chi connectivity index (χ2v) is 8.56. The van der Waals surface area contributed by atoms with Crippen molar-refractivity contribution in [2.75, 3.05) is 22.9 Å². The van der Waals surface area contributed by atoms with Gasteiger partial charge in [0.15, 0.2) is 5.82 Å². The molecule has 1 fully saturated rings. The van der Waals surface area contributed by atoms with E-state index in [-0.39, 0.29) is 63.6 Å². The molecule has 9 nitrogen and oxygen atoms in total. The van der Waals surface area contributed by atoms with Gasteiger partial charge in [0.25, 0.3) is 5.56 Å². The molecular formula is C23H16ClF3N8O. The molecule has 0 radical (unpaired) electrons. The molecule has 5 rings (SSSR count). The summed E-state index contributed by atoms with van der Waals surface area (Å²) in [6.45, 7) is -0.240. The van der Waals surface area contributed by atoms with Crippen molar-refractivity contribution in [3.05, 3.63) is 74.8 Å². The first-order valence-electron chi connectivity index (χ1n) is 10.6. The maximum absolute atomic E-state index is 14.9. The van der Waals surface area contributed by atoms with Crippen molar-refractivity contribution in [1.82, 2.24) is 19.5 Å². The normalized spacial score (nSPS) is 17.5. The van der Waals surface area contributed by atoms with Crippen LogP contribution in [0, 0.1) is 23.0 Å². The third kappa shape index (κ3) is 3.83. The van der Waals surface area contributed by atoms with Crippen molar-refractivity contribution in [2.45, 2.75) is 18.6 Å². The molecule has 182 valence electrons. The van der Waals surface area contributed by atoms with Gasteiger partial charge in [0.2, 0.25) is 5.95 Å². The summed E-state index contributed by atoms with van der Waals surface area (Å²) in [7, 11) is 0. The van der Waals surface area contributed by atoms with Crippen LogP contribution in [0.1, 0.15) is 23.9 Å². The molecule has 13 heteroatoms. The lowest BCUT2D eigenvalue weighted by Gasteiger charge is -2.28. The van der Waals surface area contributed by atoms with Crippen LogP contribution in [-0.2, 0) is 0 Å². The van der Waals surface area contributed by atoms with Crippen LogP contribution >= 0.6 is 11.6 Å². The molecule has 1 unspecified atom stereocenters. The van der Waals surface area contributed by atoms with Gasteiger partial charge in [0.1, 0.15) is 41.1 Å². The second-order valence-electron chi connectivity index (χ2n) is 8.15. The zero-order valence-corrected chi connectivity index (χ0v) is 19.0. The number of alkyl halides is 1. The van der Waals surface area contributed by atoms with Gasteiger partial charge in [-0.25, -0.2) is 18.2 Å². The van der Waals surface area contributed by atoms with Crippen molar-refractivity contribution < 1.29 is 13.2 Å². The number of hydrogen-bond donors (Lipinski definition) is 2. The number of rotatable bonds is 3. The van der Waals surface area contributed by atoms with E-state index in [9.17, 15) is 23.2 Å². The molecule has 2 aromatic heterocycles. The summed E-state index contributed by atoms with van der Waals surface area (Å²) in [6.07, 6.45) is -1.60. The highest BCUT2D eigenvalue weighted by molar-refractivity contribution is 6.35. The largest absolute Gasteiger partial charge is 0.382 e. The van der Waals surface area contributed by atoms with Crippen LogP contribution in [0.5, 0.6) is 0 Å². The number of nitriles is 1. The van der Waals surface area contributed by atoms with Crippen molar-refractivity contribution >= 4 is 40.1 Å². The number of nitrogen functional groups attached to an aromatic ring is 2. The number of anilines is 3. The van der Waals surface area contributed by atoms with Gasteiger partial charge in [0, 0.05) is 12.5 Å². The monoisotopic (exact) mass is 512 g/mol. The lowest BCUT2D eigenvalue weighted by atomic mass is 10.1. The van der Waals surface area contributed by atoms with E-state index in [2.05, 4.69) is 15.0 Å². The lowest BCUT2D eigenvalue weighted by Crippen LogP contribution is -2.33. The van der Waals surface area contributed by atoms with Gasteiger partial charge in [-0.2, -0.15) is 15.2 Å². The molecule has 4 N–H and O–H groups in total. The molecule has 1 aliphatic rings. The highest BCUT2D eigenvalue weighted by Crippen LogP contribution is 2.39. The number of fused-ring (bicyclic) bond motifs is 1. The molecule has 3 heterocycles. The predicted octanol–water partition coefficient (Wildman–Crippen LogP) is 3.43. The van der Waals surface area contributed by atoms with Gasteiger partial charge in [-0.3, -0.25) is 9.36 Å². The molecule has 2 atom stereocenters. The van der Waals surface area contributed by atoms with Crippen LogP contribution in [0.2, 0.25) is 5.02 Å². The Hall–Kier alpha value is -4.37. The van der Waals surface area contributed by atoms with E-state index in [0.29, 0.717) is 6.07 Å². The smallest absolute Gasteiger partial charge is 0.267 e. The number of aromatic nitrogens is 4. The van der Waals surface area contributed by atoms with Gasteiger partial charge in [-0.1, -0.05) is 17.7 Å². The number of nitrogens with zero attached hydrogens (tertiary/aromatic N) is 6. The number of hydrogen-bond acceptors (Lipinski definition) is 8. The Morgan fingerprint density at radius 2 is 1.83 bits per heavy atom. The fourth-order valence-corrected chi connectivity index (χ4v) is 4.66. The molecule has 4 aromatic rings. The van der Waals surface area contributed by atoms with Crippen LogP contribution in [0.3, 0.4) is 0 Å². The Labute approximate surface area is 206 Å². The molecule has 2 aromatic carbocycles. The van der Waals surface area contributed by atoms with Crippen LogP contribution in [0.15, 0.2) is 41.2 Å². The zero-order chi connectivity index (χ0) is 25.7. The van der Waals surface area contributed by atoms with Crippen molar-refractivity contribution in [2.24, 2.45) is 0 Å². The van der Waals surface area contributed by atoms with Gasteiger partial charge in [0.05, 0.1) is 34.2 Å². The molecule has 0 amide bonds. The Balaban J connectivity index is 1.83. The molecule has 0 saturated carbocycles. The van der Waals surface area contributed by atoms with E-state index in [0.717, 1.165) is 16.7 Å².